The summed E-state index contributed by atoms with van der Waals surface area (Å²) in [5.74, 6) is -0.166. The van der Waals surface area contributed by atoms with Crippen LogP contribution >= 0.6 is 30.5 Å². The third-order valence-electron chi connectivity index (χ3n) is 5.30. The Labute approximate surface area is 210 Å². The maximum Gasteiger partial charge on any atom is 0.327 e. The lowest BCUT2D eigenvalue weighted by Gasteiger charge is -2.25. The number of ketones is 1. The van der Waals surface area contributed by atoms with Gasteiger partial charge < -0.3 is 14.7 Å². The molecule has 0 saturated carbocycles. The minimum Gasteiger partial charge on any atom is -0.371 e. The van der Waals surface area contributed by atoms with Crippen molar-refractivity contribution in [2.24, 2.45) is 10.2 Å². The average Bonchev–Trinajstić information content (AvgIpc) is 3.17. The van der Waals surface area contributed by atoms with Crippen molar-refractivity contribution in [3.8, 4) is 0 Å². The van der Waals surface area contributed by atoms with E-state index >= 15 is 0 Å². The fraction of sp³-hybridized carbons (Fsp3) is 0.565. The van der Waals surface area contributed by atoms with Crippen LogP contribution < -0.4 is 4.90 Å². The number of Topliss-reactive ketones (excluding diaryl/α,β-unsaturated/α-hetero) is 1. The van der Waals surface area contributed by atoms with E-state index in [0.29, 0.717) is 15.7 Å². The first kappa shape index (κ1) is 28.6. The first-order chi connectivity index (χ1) is 16.2. The van der Waals surface area contributed by atoms with E-state index in [4.69, 9.17) is 11.6 Å². The Morgan fingerprint density at radius 1 is 1.03 bits per heavy atom. The van der Waals surface area contributed by atoms with E-state index in [9.17, 15) is 19.1 Å². The van der Waals surface area contributed by atoms with Gasteiger partial charge in [0.15, 0.2) is 10.9 Å². The molecule has 2 aromatic rings. The van der Waals surface area contributed by atoms with E-state index in [2.05, 4.69) is 22.1 Å². The van der Waals surface area contributed by atoms with Crippen LogP contribution in [0.3, 0.4) is 0 Å². The summed E-state index contributed by atoms with van der Waals surface area (Å²) >= 11 is 7.03. The molecule has 0 bridgehead atoms. The quantitative estimate of drug-likeness (QED) is 0.101. The van der Waals surface area contributed by atoms with Crippen LogP contribution in [0.2, 0.25) is 5.15 Å². The van der Waals surface area contributed by atoms with E-state index < -0.39 is 7.60 Å². The van der Waals surface area contributed by atoms with Crippen LogP contribution in [0.25, 0.3) is 0 Å². The summed E-state index contributed by atoms with van der Waals surface area (Å²) < 4.78 is 11.4. The van der Waals surface area contributed by atoms with Gasteiger partial charge in [0.2, 0.25) is 5.13 Å². The summed E-state index contributed by atoms with van der Waals surface area (Å²) in [4.78, 5) is 36.5. The number of hydrogen-bond acceptors (Lipinski definition) is 7. The minimum atomic E-state index is -4.08. The number of unbranched alkanes of at least 4 members (excludes halogenated alkanes) is 7. The number of hydrogen-bond donors (Lipinski definition) is 2. The molecule has 2 N–H and O–H groups in total. The fourth-order valence-electron chi connectivity index (χ4n) is 3.44. The van der Waals surface area contributed by atoms with Crippen molar-refractivity contribution in [2.75, 3.05) is 24.2 Å². The molecule has 0 unspecified atom stereocenters. The second-order valence-electron chi connectivity index (χ2n) is 8.24. The number of carbonyl (C=O) groups is 1. The molecule has 0 atom stereocenters. The molecule has 0 spiro atoms. The molecule has 0 fully saturated rings. The lowest BCUT2D eigenvalue weighted by molar-refractivity contribution is 0.102. The van der Waals surface area contributed by atoms with Crippen LogP contribution in [0.5, 0.6) is 0 Å². The van der Waals surface area contributed by atoms with Crippen LogP contribution in [-0.4, -0.2) is 39.8 Å². The highest BCUT2D eigenvalue weighted by atomic mass is 35.5. The molecule has 0 saturated heterocycles. The molecule has 34 heavy (non-hydrogen) atoms. The van der Waals surface area contributed by atoms with Gasteiger partial charge in [-0.25, -0.2) is 4.98 Å². The van der Waals surface area contributed by atoms with Crippen LogP contribution in [0.1, 0.15) is 74.9 Å². The Kier molecular flexibility index (Phi) is 12.4. The van der Waals surface area contributed by atoms with Gasteiger partial charge in [0.25, 0.3) is 0 Å². The highest BCUT2D eigenvalue weighted by molar-refractivity contribution is 7.51. The molecule has 11 heteroatoms. The SMILES string of the molecule is CCCCCCCCCCN(CCP(=O)(O)O)c1ccc(/N=N/c2nc(Cl)c(C(C)=O)s2)cc1. The highest BCUT2D eigenvalue weighted by Gasteiger charge is 2.16. The van der Waals surface area contributed by atoms with Gasteiger partial charge >= 0.3 is 7.60 Å². The molecule has 8 nitrogen and oxygen atoms in total. The summed E-state index contributed by atoms with van der Waals surface area (Å²) in [5.41, 5.74) is 1.48. The number of thiazole rings is 1. The third-order valence-corrected chi connectivity index (χ3v) is 7.51. The predicted octanol–water partition coefficient (Wildman–Crippen LogP) is 7.54. The van der Waals surface area contributed by atoms with Gasteiger partial charge in [-0.3, -0.25) is 9.36 Å². The van der Waals surface area contributed by atoms with Gasteiger partial charge in [0, 0.05) is 25.7 Å². The number of aromatic nitrogens is 1. The summed E-state index contributed by atoms with van der Waals surface area (Å²) in [6.45, 7) is 4.66. The second-order valence-corrected chi connectivity index (χ2v) is 11.4. The standard InChI is InChI=1S/C23H34ClN4O4PS/c1-3-4-5-6-7-8-9-10-15-28(16-17-33(30,31)32)20-13-11-19(12-14-20)26-27-23-25-22(24)21(34-23)18(2)29/h11-14H,3-10,15-17H2,1-2H3,(H2,30,31,32)/b27-26+. The minimum absolute atomic E-state index is 0.128. The zero-order valence-corrected chi connectivity index (χ0v) is 22.3. The Balaban J connectivity index is 1.95. The Bertz CT molecular complexity index is 978. The molecule has 0 radical (unpaired) electrons. The number of azo groups is 1. The van der Waals surface area contributed by atoms with Gasteiger partial charge in [0.1, 0.15) is 4.88 Å². The van der Waals surface area contributed by atoms with E-state index in [1.54, 1.807) is 12.1 Å². The molecular formula is C23H34ClN4O4PS. The van der Waals surface area contributed by atoms with Crippen molar-refractivity contribution in [1.29, 1.82) is 0 Å². The van der Waals surface area contributed by atoms with Crippen molar-refractivity contribution in [1.82, 2.24) is 4.98 Å². The lowest BCUT2D eigenvalue weighted by atomic mass is 10.1. The summed E-state index contributed by atoms with van der Waals surface area (Å²) in [6, 6.07) is 7.32. The monoisotopic (exact) mass is 528 g/mol. The van der Waals surface area contributed by atoms with Gasteiger partial charge in [-0.1, -0.05) is 74.8 Å². The maximum atomic E-state index is 11.5. The van der Waals surface area contributed by atoms with Crippen molar-refractivity contribution >= 4 is 52.8 Å². The van der Waals surface area contributed by atoms with Crippen LogP contribution in [0, 0.1) is 0 Å². The first-order valence-electron chi connectivity index (χ1n) is 11.7. The largest absolute Gasteiger partial charge is 0.371 e. The zero-order valence-electron chi connectivity index (χ0n) is 19.8. The summed E-state index contributed by atoms with van der Waals surface area (Å²) in [6.07, 6.45) is 9.41. The number of carbonyl (C=O) groups excluding carboxylic acids is 1. The number of benzene rings is 1. The Morgan fingerprint density at radius 2 is 1.65 bits per heavy atom. The summed E-state index contributed by atoms with van der Waals surface area (Å²) in [5, 5.41) is 8.64. The van der Waals surface area contributed by atoms with E-state index in [-0.39, 0.29) is 23.6 Å². The van der Waals surface area contributed by atoms with E-state index in [0.717, 1.165) is 36.4 Å². The second kappa shape index (κ2) is 14.7. The zero-order chi connectivity index (χ0) is 25.0. The lowest BCUT2D eigenvalue weighted by Crippen LogP contribution is -2.27. The van der Waals surface area contributed by atoms with Crippen LogP contribution in [-0.2, 0) is 4.57 Å². The molecular weight excluding hydrogens is 495 g/mol. The Hall–Kier alpha value is -1.64. The molecule has 1 heterocycles. The third kappa shape index (κ3) is 10.7. The molecule has 2 rings (SSSR count). The molecule has 0 aliphatic rings. The fourth-order valence-corrected chi connectivity index (χ4v) is 4.99. The van der Waals surface area contributed by atoms with Crippen LogP contribution in [0.4, 0.5) is 16.5 Å². The van der Waals surface area contributed by atoms with Gasteiger partial charge in [-0.2, -0.15) is 0 Å². The van der Waals surface area contributed by atoms with Crippen molar-refractivity contribution in [3.63, 3.8) is 0 Å². The normalized spacial score (nSPS) is 11.9. The highest BCUT2D eigenvalue weighted by Crippen LogP contribution is 2.35. The number of rotatable bonds is 16. The van der Waals surface area contributed by atoms with Gasteiger partial charge in [-0.05, 0) is 30.7 Å². The Morgan fingerprint density at radius 3 is 2.21 bits per heavy atom. The van der Waals surface area contributed by atoms with Crippen molar-refractivity contribution < 1.29 is 19.1 Å². The molecule has 1 aromatic carbocycles. The molecule has 188 valence electrons. The predicted molar refractivity (Wildman–Crippen MR) is 139 cm³/mol. The van der Waals surface area contributed by atoms with Gasteiger partial charge in [-0.15, -0.1) is 10.2 Å². The molecule has 0 aliphatic carbocycles. The smallest absolute Gasteiger partial charge is 0.327 e. The average molecular weight is 529 g/mol. The maximum absolute atomic E-state index is 11.5. The molecule has 0 aliphatic heterocycles. The molecule has 1 aromatic heterocycles. The van der Waals surface area contributed by atoms with Crippen molar-refractivity contribution in [3.05, 3.63) is 34.3 Å². The molecule has 0 amide bonds. The van der Waals surface area contributed by atoms with Crippen molar-refractivity contribution in [2.45, 2.75) is 65.2 Å². The number of halogens is 1. The van der Waals surface area contributed by atoms with Crippen LogP contribution in [0.15, 0.2) is 34.5 Å². The number of nitrogens with zero attached hydrogens (tertiary/aromatic N) is 4. The first-order valence-corrected chi connectivity index (χ1v) is 14.7. The summed E-state index contributed by atoms with van der Waals surface area (Å²) in [7, 11) is -4.08. The topological polar surface area (TPSA) is 115 Å². The van der Waals surface area contributed by atoms with E-state index in [1.807, 2.05) is 17.0 Å². The van der Waals surface area contributed by atoms with E-state index in [1.165, 1.54) is 45.4 Å². The number of anilines is 1. The van der Waals surface area contributed by atoms with Gasteiger partial charge in [0.05, 0.1) is 11.8 Å².